The van der Waals surface area contributed by atoms with E-state index in [0.717, 1.165) is 18.2 Å². The molecule has 1 aliphatic rings. The number of nitrogens with zero attached hydrogens (tertiary/aromatic N) is 3. The fourth-order valence-corrected chi connectivity index (χ4v) is 5.60. The Morgan fingerprint density at radius 2 is 1.88 bits per heavy atom. The number of alkyl halides is 2. The lowest BCUT2D eigenvalue weighted by Gasteiger charge is -2.41. The molecule has 0 aliphatic carbocycles. The van der Waals surface area contributed by atoms with Crippen molar-refractivity contribution in [2.75, 3.05) is 22.8 Å². The normalized spacial score (nSPS) is 17.5. The Morgan fingerprint density at radius 1 is 1.20 bits per heavy atom. The number of hydrogen-bond acceptors (Lipinski definition) is 8. The molecule has 0 radical (unpaired) electrons. The number of halogens is 2. The van der Waals surface area contributed by atoms with Gasteiger partial charge in [-0.25, -0.2) is 22.0 Å². The first-order valence-electron chi connectivity index (χ1n) is 12.7. The van der Waals surface area contributed by atoms with Gasteiger partial charge in [-0.15, -0.1) is 5.10 Å². The maximum atomic E-state index is 14.2. The van der Waals surface area contributed by atoms with Crippen LogP contribution in [0.5, 0.6) is 11.6 Å². The number of aryl methyl sites for hydroxylation is 1. The third-order valence-electron chi connectivity index (χ3n) is 6.42. The molecule has 1 unspecified atom stereocenters. The van der Waals surface area contributed by atoms with E-state index in [2.05, 4.69) is 15.7 Å². The van der Waals surface area contributed by atoms with Crippen molar-refractivity contribution in [3.05, 3.63) is 24.4 Å². The Kier molecular flexibility index (Phi) is 8.87. The molecule has 0 saturated heterocycles. The minimum atomic E-state index is -4.34. The highest BCUT2D eigenvalue weighted by Crippen LogP contribution is 2.43. The maximum Gasteiger partial charge on any atom is 0.412 e. The predicted octanol–water partition coefficient (Wildman–Crippen LogP) is 3.76. The zero-order valence-corrected chi connectivity index (χ0v) is 24.3. The van der Waals surface area contributed by atoms with Gasteiger partial charge in [0.05, 0.1) is 24.9 Å². The molecule has 2 heterocycles. The summed E-state index contributed by atoms with van der Waals surface area (Å²) in [6.45, 7) is 9.79. The van der Waals surface area contributed by atoms with Crippen molar-refractivity contribution in [2.24, 2.45) is 0 Å². The monoisotopic (exact) mass is 587 g/mol. The summed E-state index contributed by atoms with van der Waals surface area (Å²) in [5.74, 6) is -3.57. The second-order valence-electron chi connectivity index (χ2n) is 9.82. The molecule has 222 valence electrons. The van der Waals surface area contributed by atoms with E-state index in [0.29, 0.717) is 13.5 Å². The number of sulfonamides is 1. The van der Waals surface area contributed by atoms with Gasteiger partial charge in [-0.3, -0.25) is 19.1 Å². The Morgan fingerprint density at radius 3 is 2.45 bits per heavy atom. The number of carbonyl (C=O) groups is 2. The van der Waals surface area contributed by atoms with Gasteiger partial charge in [0.1, 0.15) is 11.9 Å². The molecule has 0 bridgehead atoms. The first-order valence-corrected chi connectivity index (χ1v) is 14.1. The largest absolute Gasteiger partial charge is 0.484 e. The van der Waals surface area contributed by atoms with Crippen molar-refractivity contribution in [3.63, 3.8) is 0 Å². The van der Waals surface area contributed by atoms with Gasteiger partial charge in [-0.05, 0) is 52.8 Å². The van der Waals surface area contributed by atoms with Crippen molar-refractivity contribution >= 4 is 33.4 Å². The van der Waals surface area contributed by atoms with E-state index in [-0.39, 0.29) is 47.0 Å². The average Bonchev–Trinajstić information content (AvgIpc) is 3.25. The average molecular weight is 588 g/mol. The highest BCUT2D eigenvalue weighted by molar-refractivity contribution is 7.93. The fourth-order valence-electron chi connectivity index (χ4n) is 3.84. The number of benzene rings is 1. The first kappa shape index (κ1) is 30.9. The van der Waals surface area contributed by atoms with Crippen LogP contribution >= 0.6 is 0 Å². The molecular formula is C25H35F2N5O7S. The minimum absolute atomic E-state index is 0.0150. The number of hydrogen-bond donors (Lipinski definition) is 2. The lowest BCUT2D eigenvalue weighted by atomic mass is 10.0. The van der Waals surface area contributed by atoms with Gasteiger partial charge in [0.2, 0.25) is 5.91 Å². The number of amides is 2. The zero-order valence-electron chi connectivity index (χ0n) is 23.4. The Bertz CT molecular complexity index is 1360. The molecule has 1 aliphatic heterocycles. The van der Waals surface area contributed by atoms with Gasteiger partial charge in [0.25, 0.3) is 21.8 Å². The van der Waals surface area contributed by atoms with Crippen LogP contribution in [0.25, 0.3) is 0 Å². The minimum Gasteiger partial charge on any atom is -0.484 e. The summed E-state index contributed by atoms with van der Waals surface area (Å²) in [5, 5.41) is 9.23. The number of nitrogens with one attached hydrogen (secondary N) is 2. The lowest BCUT2D eigenvalue weighted by Crippen LogP contribution is -2.54. The molecule has 2 amide bonds. The number of ether oxygens (including phenoxy) is 3. The van der Waals surface area contributed by atoms with Gasteiger partial charge in [-0.2, -0.15) is 0 Å². The van der Waals surface area contributed by atoms with Crippen molar-refractivity contribution in [2.45, 2.75) is 83.6 Å². The maximum absolute atomic E-state index is 14.2. The number of aromatic nitrogens is 2. The summed E-state index contributed by atoms with van der Waals surface area (Å²) < 4.78 is 75.0. The second-order valence-corrected chi connectivity index (χ2v) is 11.6. The van der Waals surface area contributed by atoms with Crippen molar-refractivity contribution < 1.29 is 41.0 Å². The van der Waals surface area contributed by atoms with Gasteiger partial charge >= 0.3 is 6.09 Å². The van der Waals surface area contributed by atoms with E-state index in [1.807, 2.05) is 0 Å². The van der Waals surface area contributed by atoms with Gasteiger partial charge in [0, 0.05) is 32.3 Å². The van der Waals surface area contributed by atoms with Crippen molar-refractivity contribution in [1.82, 2.24) is 15.1 Å². The lowest BCUT2D eigenvalue weighted by molar-refractivity contribution is -0.147. The molecule has 15 heteroatoms. The number of carbonyl (C=O) groups excluding carboxylic acids is 2. The second kappa shape index (κ2) is 11.5. The topological polar surface area (TPSA) is 141 Å². The third-order valence-corrected chi connectivity index (χ3v) is 8.31. The summed E-state index contributed by atoms with van der Waals surface area (Å²) >= 11 is 0. The molecule has 3 rings (SSSR count). The SMILES string of the molecule is CCOc1nn(CC)cc1S(=O)(=O)N1c2cc(NC(=O)OC(C)(C)C(C)(F)F)ccc2OC(CNC(C)=O)[C@H]1C. The van der Waals surface area contributed by atoms with Crippen LogP contribution in [0.2, 0.25) is 0 Å². The van der Waals surface area contributed by atoms with E-state index >= 15 is 0 Å². The summed E-state index contributed by atoms with van der Waals surface area (Å²) in [6, 6.07) is 3.33. The van der Waals surface area contributed by atoms with E-state index in [1.54, 1.807) is 20.8 Å². The molecule has 1 aromatic carbocycles. The van der Waals surface area contributed by atoms with Crippen LogP contribution in [-0.2, 0) is 26.1 Å². The highest BCUT2D eigenvalue weighted by atomic mass is 32.2. The predicted molar refractivity (Wildman–Crippen MR) is 143 cm³/mol. The molecule has 40 heavy (non-hydrogen) atoms. The third kappa shape index (κ3) is 6.40. The summed E-state index contributed by atoms with van der Waals surface area (Å²) in [5.41, 5.74) is -1.97. The van der Waals surface area contributed by atoms with Crippen molar-refractivity contribution in [1.29, 1.82) is 0 Å². The van der Waals surface area contributed by atoms with Gasteiger partial charge in [0.15, 0.2) is 10.5 Å². The number of rotatable bonds is 10. The standard InChI is InChI=1S/C25H35F2N5O7S/c1-8-31-14-21(22(30-31)37-9-2)40(35,36)32-15(3)20(13-28-16(4)33)38-19-11-10-17(12-18(19)32)29-23(34)39-24(5,6)25(7,26)27/h10-12,14-15,20H,8-9,13H2,1-7H3,(H,28,33)(H,29,34)/t15-,20?/m1/s1. The van der Waals surface area contributed by atoms with Crippen molar-refractivity contribution in [3.8, 4) is 11.6 Å². The summed E-state index contributed by atoms with van der Waals surface area (Å²) in [4.78, 5) is 23.9. The Hall–Kier alpha value is -3.62. The van der Waals surface area contributed by atoms with Gasteiger partial charge in [-0.1, -0.05) is 0 Å². The van der Waals surface area contributed by atoms with Crippen LogP contribution in [0.3, 0.4) is 0 Å². The number of fused-ring (bicyclic) bond motifs is 1. The molecule has 0 fully saturated rings. The van der Waals surface area contributed by atoms with Crippen LogP contribution < -0.4 is 24.4 Å². The molecule has 1 aromatic heterocycles. The van der Waals surface area contributed by atoms with Crippen LogP contribution in [0.15, 0.2) is 29.3 Å². The molecule has 0 spiro atoms. The molecular weight excluding hydrogens is 552 g/mol. The molecule has 2 N–H and O–H groups in total. The smallest absolute Gasteiger partial charge is 0.412 e. The van der Waals surface area contributed by atoms with Crippen LogP contribution in [0.1, 0.15) is 48.5 Å². The quantitative estimate of drug-likeness (QED) is 0.428. The van der Waals surface area contributed by atoms with E-state index in [1.165, 1.54) is 36.0 Å². The summed E-state index contributed by atoms with van der Waals surface area (Å²) in [7, 11) is -4.34. The number of anilines is 2. The molecule has 12 nitrogen and oxygen atoms in total. The zero-order chi connectivity index (χ0) is 30.0. The molecule has 2 aromatic rings. The van der Waals surface area contributed by atoms with E-state index in [4.69, 9.17) is 14.2 Å². The fraction of sp³-hybridized carbons (Fsp3) is 0.560. The van der Waals surface area contributed by atoms with Gasteiger partial charge < -0.3 is 19.5 Å². The Balaban J connectivity index is 2.07. The van der Waals surface area contributed by atoms with Crippen LogP contribution in [0, 0.1) is 0 Å². The Labute approximate surface area is 232 Å². The van der Waals surface area contributed by atoms with E-state index < -0.39 is 39.8 Å². The molecule has 0 saturated carbocycles. The first-order chi connectivity index (χ1) is 18.5. The molecule has 2 atom stereocenters. The summed E-state index contributed by atoms with van der Waals surface area (Å²) in [6.07, 6.45) is -0.575. The van der Waals surface area contributed by atoms with Crippen LogP contribution in [0.4, 0.5) is 25.0 Å². The highest BCUT2D eigenvalue weighted by Gasteiger charge is 2.46. The van der Waals surface area contributed by atoms with E-state index in [9.17, 15) is 26.8 Å². The van der Waals surface area contributed by atoms with Crippen LogP contribution in [-0.4, -0.2) is 67.0 Å².